The lowest BCUT2D eigenvalue weighted by Gasteiger charge is -2.21. The summed E-state index contributed by atoms with van der Waals surface area (Å²) in [4.78, 5) is 11.3. The van der Waals surface area contributed by atoms with E-state index < -0.39 is 5.43 Å². The number of aromatic hydroxyl groups is 1. The van der Waals surface area contributed by atoms with Gasteiger partial charge in [0.15, 0.2) is 5.75 Å². The number of aromatic nitrogens is 1. The quantitative estimate of drug-likeness (QED) is 0.907. The van der Waals surface area contributed by atoms with Crippen molar-refractivity contribution in [1.29, 1.82) is 0 Å². The van der Waals surface area contributed by atoms with E-state index in [0.29, 0.717) is 12.1 Å². The lowest BCUT2D eigenvalue weighted by Crippen LogP contribution is -2.20. The molecule has 108 valence electrons. The maximum Gasteiger partial charge on any atom is 0.223 e. The third-order valence-electron chi connectivity index (χ3n) is 3.27. The van der Waals surface area contributed by atoms with Crippen molar-refractivity contribution in [1.82, 2.24) is 4.57 Å². The van der Waals surface area contributed by atoms with E-state index in [1.54, 1.807) is 17.7 Å². The van der Waals surface area contributed by atoms with E-state index in [1.807, 2.05) is 30.3 Å². The number of benzene rings is 1. The first-order valence-corrected chi connectivity index (χ1v) is 6.19. The predicted molar refractivity (Wildman–Crippen MR) is 80.6 cm³/mol. The van der Waals surface area contributed by atoms with Gasteiger partial charge in [0.25, 0.3) is 0 Å². The van der Waals surface area contributed by atoms with Crippen LogP contribution in [0, 0.1) is 6.92 Å². The molecule has 1 aromatic heterocycles. The van der Waals surface area contributed by atoms with E-state index in [4.69, 9.17) is 0 Å². The van der Waals surface area contributed by atoms with Gasteiger partial charge in [-0.1, -0.05) is 30.3 Å². The highest BCUT2D eigenvalue weighted by Crippen LogP contribution is 2.19. The number of nitrogens with zero attached hydrogens (tertiary/aromatic N) is 1. The third kappa shape index (κ3) is 3.40. The predicted octanol–water partition coefficient (Wildman–Crippen LogP) is 2.06. The molecule has 4 nitrogen and oxygen atoms in total. The van der Waals surface area contributed by atoms with E-state index in [-0.39, 0.29) is 30.8 Å². The Hall–Kier alpha value is -1.78. The number of aliphatic hydroxyl groups is 1. The molecule has 2 N–H and O–H groups in total. The van der Waals surface area contributed by atoms with Crippen LogP contribution in [0.3, 0.4) is 0 Å². The summed E-state index contributed by atoms with van der Waals surface area (Å²) in [7, 11) is 0. The van der Waals surface area contributed by atoms with Crippen LogP contribution in [-0.4, -0.2) is 21.4 Å². The number of aliphatic hydroxyl groups excluding tert-OH is 1. The average molecular weight is 296 g/mol. The molecule has 0 saturated carbocycles. The minimum absolute atomic E-state index is 0. The van der Waals surface area contributed by atoms with Crippen molar-refractivity contribution in [2.45, 2.75) is 19.4 Å². The molecule has 2 aromatic rings. The summed E-state index contributed by atoms with van der Waals surface area (Å²) in [5.41, 5.74) is 1.17. The maximum atomic E-state index is 11.3. The topological polar surface area (TPSA) is 62.5 Å². The Labute approximate surface area is 123 Å². The van der Waals surface area contributed by atoms with Gasteiger partial charge >= 0.3 is 0 Å². The lowest BCUT2D eigenvalue weighted by atomic mass is 10.1. The zero-order valence-corrected chi connectivity index (χ0v) is 12.0. The Morgan fingerprint density at radius 2 is 1.85 bits per heavy atom. The minimum Gasteiger partial charge on any atom is -0.503 e. The molecule has 0 aliphatic heterocycles. The van der Waals surface area contributed by atoms with E-state index in [1.165, 1.54) is 6.07 Å². The van der Waals surface area contributed by atoms with Crippen molar-refractivity contribution in [3.63, 3.8) is 0 Å². The molecule has 0 saturated heterocycles. The van der Waals surface area contributed by atoms with Gasteiger partial charge in [-0.05, 0) is 18.9 Å². The SMILES string of the molecule is Cc1c(O)c(=O)ccn1[C@H](CO)Cc1ccccc1.Cl. The summed E-state index contributed by atoms with van der Waals surface area (Å²) in [6.45, 7) is 1.61. The lowest BCUT2D eigenvalue weighted by molar-refractivity contribution is 0.224. The van der Waals surface area contributed by atoms with Crippen LogP contribution in [0.5, 0.6) is 5.75 Å². The van der Waals surface area contributed by atoms with E-state index in [2.05, 4.69) is 0 Å². The van der Waals surface area contributed by atoms with Crippen molar-refractivity contribution in [2.75, 3.05) is 6.61 Å². The summed E-state index contributed by atoms with van der Waals surface area (Å²) in [5.74, 6) is -0.256. The van der Waals surface area contributed by atoms with Crippen molar-refractivity contribution < 1.29 is 10.2 Å². The summed E-state index contributed by atoms with van der Waals surface area (Å²) >= 11 is 0. The van der Waals surface area contributed by atoms with Crippen molar-refractivity contribution >= 4 is 12.4 Å². The first-order valence-electron chi connectivity index (χ1n) is 6.19. The van der Waals surface area contributed by atoms with Crippen LogP contribution in [-0.2, 0) is 6.42 Å². The molecule has 0 amide bonds. The van der Waals surface area contributed by atoms with E-state index >= 15 is 0 Å². The number of halogens is 1. The van der Waals surface area contributed by atoms with Gasteiger partial charge in [-0.25, -0.2) is 0 Å². The maximum absolute atomic E-state index is 11.3. The van der Waals surface area contributed by atoms with Gasteiger partial charge < -0.3 is 14.8 Å². The Kier molecular flexibility index (Phi) is 5.80. The van der Waals surface area contributed by atoms with Crippen LogP contribution in [0.2, 0.25) is 0 Å². The monoisotopic (exact) mass is 295 g/mol. The minimum atomic E-state index is -0.398. The highest BCUT2D eigenvalue weighted by Gasteiger charge is 2.14. The fourth-order valence-electron chi connectivity index (χ4n) is 2.17. The summed E-state index contributed by atoms with van der Waals surface area (Å²) in [6, 6.07) is 10.9. The van der Waals surface area contributed by atoms with Gasteiger partial charge in [-0.2, -0.15) is 0 Å². The van der Waals surface area contributed by atoms with Gasteiger partial charge in [-0.15, -0.1) is 12.4 Å². The zero-order valence-electron chi connectivity index (χ0n) is 11.2. The summed E-state index contributed by atoms with van der Waals surface area (Å²) < 4.78 is 1.74. The van der Waals surface area contributed by atoms with Crippen LogP contribution < -0.4 is 5.43 Å². The second-order valence-corrected chi connectivity index (χ2v) is 4.55. The Morgan fingerprint density at radius 1 is 1.20 bits per heavy atom. The second kappa shape index (κ2) is 7.12. The molecule has 0 spiro atoms. The van der Waals surface area contributed by atoms with Crippen molar-refractivity contribution in [3.05, 3.63) is 64.1 Å². The molecule has 0 aliphatic rings. The Morgan fingerprint density at radius 3 is 2.45 bits per heavy atom. The molecule has 0 radical (unpaired) electrons. The van der Waals surface area contributed by atoms with Crippen LogP contribution in [0.15, 0.2) is 47.4 Å². The molecule has 1 atom stereocenters. The largest absolute Gasteiger partial charge is 0.503 e. The zero-order chi connectivity index (χ0) is 13.8. The first-order chi connectivity index (χ1) is 9.13. The normalized spacial score (nSPS) is 11.7. The molecule has 1 aromatic carbocycles. The number of rotatable bonds is 4. The number of hydrogen-bond donors (Lipinski definition) is 2. The van der Waals surface area contributed by atoms with Crippen LogP contribution in [0.1, 0.15) is 17.3 Å². The number of pyridine rings is 1. The Bertz CT molecular complexity index is 610. The smallest absolute Gasteiger partial charge is 0.223 e. The highest BCUT2D eigenvalue weighted by molar-refractivity contribution is 5.85. The van der Waals surface area contributed by atoms with Crippen LogP contribution in [0.25, 0.3) is 0 Å². The fraction of sp³-hybridized carbons (Fsp3) is 0.267. The van der Waals surface area contributed by atoms with E-state index in [9.17, 15) is 15.0 Å². The summed E-state index contributed by atoms with van der Waals surface area (Å²) in [6.07, 6.45) is 2.25. The van der Waals surface area contributed by atoms with Gasteiger partial charge in [-0.3, -0.25) is 4.79 Å². The van der Waals surface area contributed by atoms with Gasteiger partial charge in [0, 0.05) is 12.3 Å². The van der Waals surface area contributed by atoms with Crippen LogP contribution in [0.4, 0.5) is 0 Å². The van der Waals surface area contributed by atoms with Gasteiger partial charge in [0.1, 0.15) is 0 Å². The van der Waals surface area contributed by atoms with Crippen molar-refractivity contribution in [2.24, 2.45) is 0 Å². The van der Waals surface area contributed by atoms with Gasteiger partial charge in [0.05, 0.1) is 18.3 Å². The second-order valence-electron chi connectivity index (χ2n) is 4.55. The average Bonchev–Trinajstić information content (AvgIpc) is 2.44. The molecule has 0 bridgehead atoms. The molecular formula is C15H18ClNO3. The molecule has 20 heavy (non-hydrogen) atoms. The molecule has 0 fully saturated rings. The van der Waals surface area contributed by atoms with E-state index in [0.717, 1.165) is 5.56 Å². The summed E-state index contributed by atoms with van der Waals surface area (Å²) in [5, 5.41) is 19.2. The molecular weight excluding hydrogens is 278 g/mol. The molecule has 2 rings (SSSR count). The van der Waals surface area contributed by atoms with Crippen molar-refractivity contribution in [3.8, 4) is 5.75 Å². The van der Waals surface area contributed by atoms with Crippen LogP contribution >= 0.6 is 12.4 Å². The Balaban J connectivity index is 0.00000200. The third-order valence-corrected chi connectivity index (χ3v) is 3.27. The van der Waals surface area contributed by atoms with Gasteiger partial charge in [0.2, 0.25) is 5.43 Å². The molecule has 1 heterocycles. The molecule has 5 heteroatoms. The molecule has 0 unspecified atom stereocenters. The first kappa shape index (κ1) is 16.3. The number of hydrogen-bond acceptors (Lipinski definition) is 3. The highest BCUT2D eigenvalue weighted by atomic mass is 35.5. The molecule has 0 aliphatic carbocycles. The fourth-order valence-corrected chi connectivity index (χ4v) is 2.17. The standard InChI is InChI=1S/C15H17NO3.ClH/c1-11-15(19)14(18)7-8-16(11)13(10-17)9-12-5-3-2-4-6-12;/h2-8,13,17,19H,9-10H2,1H3;1H/t13-;/m0./s1.